The van der Waals surface area contributed by atoms with E-state index in [1.807, 2.05) is 24.3 Å². The third-order valence-corrected chi connectivity index (χ3v) is 6.33. The lowest BCUT2D eigenvalue weighted by Crippen LogP contribution is -2.40. The lowest BCUT2D eigenvalue weighted by molar-refractivity contribution is -0.119. The summed E-state index contributed by atoms with van der Waals surface area (Å²) in [6.07, 6.45) is 4.56. The molecule has 1 N–H and O–H groups in total. The van der Waals surface area contributed by atoms with Crippen LogP contribution >= 0.6 is 0 Å². The Kier molecular flexibility index (Phi) is 7.61. The highest BCUT2D eigenvalue weighted by atomic mass is 32.2. The number of halogens is 2. The normalized spacial score (nSPS) is 14.9. The molecule has 0 radical (unpaired) electrons. The van der Waals surface area contributed by atoms with Gasteiger partial charge in [0.1, 0.15) is 18.2 Å². The molecule has 168 valence electrons. The van der Waals surface area contributed by atoms with Crippen molar-refractivity contribution in [3.63, 3.8) is 0 Å². The molecule has 1 fully saturated rings. The molecular weight excluding hydrogens is 424 g/mol. The van der Waals surface area contributed by atoms with Gasteiger partial charge in [0.15, 0.2) is 0 Å². The van der Waals surface area contributed by atoms with Gasteiger partial charge < -0.3 is 5.32 Å². The van der Waals surface area contributed by atoms with Gasteiger partial charge in [-0.15, -0.1) is 0 Å². The van der Waals surface area contributed by atoms with Crippen LogP contribution in [0.3, 0.4) is 0 Å². The zero-order valence-corrected chi connectivity index (χ0v) is 18.3. The first-order valence-corrected chi connectivity index (χ1v) is 12.1. The Morgan fingerprint density at radius 3 is 2.45 bits per heavy atom. The van der Waals surface area contributed by atoms with Crippen LogP contribution in [0, 0.1) is 11.6 Å². The summed E-state index contributed by atoms with van der Waals surface area (Å²) in [6.45, 7) is 2.64. The van der Waals surface area contributed by atoms with E-state index in [9.17, 15) is 22.0 Å². The van der Waals surface area contributed by atoms with Crippen molar-refractivity contribution < 1.29 is 22.0 Å². The average molecular weight is 452 g/mol. The predicted molar refractivity (Wildman–Crippen MR) is 116 cm³/mol. The van der Waals surface area contributed by atoms with Crippen molar-refractivity contribution in [1.29, 1.82) is 0 Å². The Labute approximate surface area is 181 Å². The maximum Gasteiger partial charge on any atom is 0.241 e. The molecule has 6 nitrogen and oxygen atoms in total. The van der Waals surface area contributed by atoms with Crippen LogP contribution < -0.4 is 9.62 Å². The molecule has 0 bridgehead atoms. The zero-order chi connectivity index (χ0) is 22.4. The molecule has 1 aliphatic rings. The van der Waals surface area contributed by atoms with Crippen molar-refractivity contribution in [2.24, 2.45) is 0 Å². The number of benzene rings is 2. The summed E-state index contributed by atoms with van der Waals surface area (Å²) in [7, 11) is -3.95. The van der Waals surface area contributed by atoms with E-state index in [0.717, 1.165) is 49.1 Å². The minimum Gasteiger partial charge on any atom is -0.350 e. The van der Waals surface area contributed by atoms with Gasteiger partial charge in [0.25, 0.3) is 0 Å². The molecular formula is C22H27F2N3O3S. The number of hydrogen-bond acceptors (Lipinski definition) is 4. The number of nitrogens with one attached hydrogen (secondary N) is 1. The lowest BCUT2D eigenvalue weighted by atomic mass is 10.1. The number of piperidine rings is 1. The zero-order valence-electron chi connectivity index (χ0n) is 17.5. The van der Waals surface area contributed by atoms with E-state index in [4.69, 9.17) is 0 Å². The fourth-order valence-electron chi connectivity index (χ4n) is 3.67. The number of anilines is 1. The van der Waals surface area contributed by atoms with E-state index >= 15 is 0 Å². The third kappa shape index (κ3) is 6.73. The average Bonchev–Trinajstić information content (AvgIpc) is 2.71. The van der Waals surface area contributed by atoms with Crippen LogP contribution in [0.4, 0.5) is 14.5 Å². The molecule has 1 heterocycles. The smallest absolute Gasteiger partial charge is 0.241 e. The Morgan fingerprint density at radius 2 is 1.77 bits per heavy atom. The number of carbonyl (C=O) groups is 1. The summed E-state index contributed by atoms with van der Waals surface area (Å²) in [5, 5.41) is 2.68. The number of likely N-dealkylation sites (tertiary alicyclic amines) is 1. The highest BCUT2D eigenvalue weighted by Gasteiger charge is 2.24. The van der Waals surface area contributed by atoms with E-state index < -0.39 is 34.1 Å². The van der Waals surface area contributed by atoms with Gasteiger partial charge in [0, 0.05) is 19.2 Å². The SMILES string of the molecule is CS(=O)(=O)N(CC(=O)NCc1cccc(CN2CCCCC2)c1)c1ccc(F)cc1F. The number of rotatable bonds is 8. The molecule has 0 unspecified atom stereocenters. The molecule has 0 saturated carbocycles. The standard InChI is InChI=1S/C22H27F2N3O3S/c1-31(29,30)27(21-9-8-19(23)13-20(21)24)16-22(28)25-14-17-6-5-7-18(12-17)15-26-10-3-2-4-11-26/h5-9,12-13H,2-4,10-11,14-16H2,1H3,(H,25,28). The summed E-state index contributed by atoms with van der Waals surface area (Å²) >= 11 is 0. The Balaban J connectivity index is 1.62. The van der Waals surface area contributed by atoms with Crippen LogP contribution in [-0.4, -0.2) is 45.1 Å². The molecule has 0 aromatic heterocycles. The maximum atomic E-state index is 14.1. The molecule has 0 spiro atoms. The fourth-order valence-corrected chi connectivity index (χ4v) is 4.52. The van der Waals surface area contributed by atoms with Gasteiger partial charge in [-0.3, -0.25) is 14.0 Å². The van der Waals surface area contributed by atoms with Gasteiger partial charge in [0.2, 0.25) is 15.9 Å². The molecule has 1 saturated heterocycles. The van der Waals surface area contributed by atoms with Gasteiger partial charge in [-0.05, 0) is 49.2 Å². The van der Waals surface area contributed by atoms with Crippen LogP contribution in [0.1, 0.15) is 30.4 Å². The molecule has 3 rings (SSSR count). The predicted octanol–water partition coefficient (Wildman–Crippen LogP) is 3.03. The molecule has 2 aromatic carbocycles. The van der Waals surface area contributed by atoms with Gasteiger partial charge in [0.05, 0.1) is 11.9 Å². The quantitative estimate of drug-likeness (QED) is 0.670. The Morgan fingerprint density at radius 1 is 1.06 bits per heavy atom. The molecule has 9 heteroatoms. The second kappa shape index (κ2) is 10.2. The maximum absolute atomic E-state index is 14.1. The molecule has 0 aliphatic carbocycles. The highest BCUT2D eigenvalue weighted by Crippen LogP contribution is 2.22. The summed E-state index contributed by atoms with van der Waals surface area (Å²) in [5.74, 6) is -2.47. The van der Waals surface area contributed by atoms with Crippen molar-refractivity contribution in [1.82, 2.24) is 10.2 Å². The molecule has 1 aliphatic heterocycles. The van der Waals surface area contributed by atoms with Gasteiger partial charge in [-0.2, -0.15) is 0 Å². The number of nitrogens with zero attached hydrogens (tertiary/aromatic N) is 2. The van der Waals surface area contributed by atoms with Crippen LogP contribution in [0.25, 0.3) is 0 Å². The summed E-state index contributed by atoms with van der Waals surface area (Å²) in [6, 6.07) is 10.4. The number of hydrogen-bond donors (Lipinski definition) is 1. The number of amides is 1. The second-order valence-corrected chi connectivity index (χ2v) is 9.71. The van der Waals surface area contributed by atoms with Crippen LogP contribution in [0.5, 0.6) is 0 Å². The topological polar surface area (TPSA) is 69.7 Å². The summed E-state index contributed by atoms with van der Waals surface area (Å²) in [4.78, 5) is 14.8. The first kappa shape index (κ1) is 23.1. The van der Waals surface area contributed by atoms with E-state index in [-0.39, 0.29) is 12.2 Å². The lowest BCUT2D eigenvalue weighted by Gasteiger charge is -2.26. The van der Waals surface area contributed by atoms with Crippen molar-refractivity contribution >= 4 is 21.6 Å². The Bertz CT molecular complexity index is 1020. The molecule has 1 amide bonds. The van der Waals surface area contributed by atoms with Crippen LogP contribution in [0.2, 0.25) is 0 Å². The third-order valence-electron chi connectivity index (χ3n) is 5.20. The molecule has 2 aromatic rings. The van der Waals surface area contributed by atoms with Gasteiger partial charge in [-0.1, -0.05) is 30.7 Å². The van der Waals surface area contributed by atoms with Crippen molar-refractivity contribution in [2.45, 2.75) is 32.4 Å². The van der Waals surface area contributed by atoms with E-state index in [2.05, 4.69) is 10.2 Å². The van der Waals surface area contributed by atoms with E-state index in [0.29, 0.717) is 10.4 Å². The molecule has 0 atom stereocenters. The van der Waals surface area contributed by atoms with E-state index in [1.165, 1.54) is 19.3 Å². The highest BCUT2D eigenvalue weighted by molar-refractivity contribution is 7.92. The monoisotopic (exact) mass is 451 g/mol. The first-order valence-electron chi connectivity index (χ1n) is 10.2. The largest absolute Gasteiger partial charge is 0.350 e. The van der Waals surface area contributed by atoms with Crippen molar-refractivity contribution in [3.8, 4) is 0 Å². The van der Waals surface area contributed by atoms with Crippen molar-refractivity contribution in [2.75, 3.05) is 30.2 Å². The van der Waals surface area contributed by atoms with Crippen LogP contribution in [0.15, 0.2) is 42.5 Å². The van der Waals surface area contributed by atoms with Crippen LogP contribution in [-0.2, 0) is 27.9 Å². The van der Waals surface area contributed by atoms with Gasteiger partial charge >= 0.3 is 0 Å². The number of carbonyl (C=O) groups excluding carboxylic acids is 1. The van der Waals surface area contributed by atoms with Gasteiger partial charge in [-0.25, -0.2) is 17.2 Å². The summed E-state index contributed by atoms with van der Waals surface area (Å²) < 4.78 is 52.1. The first-order chi connectivity index (χ1) is 14.7. The van der Waals surface area contributed by atoms with E-state index in [1.54, 1.807) is 0 Å². The second-order valence-electron chi connectivity index (χ2n) is 7.80. The minimum absolute atomic E-state index is 0.218. The molecule has 31 heavy (non-hydrogen) atoms. The van der Waals surface area contributed by atoms with Crippen molar-refractivity contribution in [3.05, 3.63) is 65.2 Å². The fraction of sp³-hybridized carbons (Fsp3) is 0.409. The Hall–Kier alpha value is -2.52. The summed E-state index contributed by atoms with van der Waals surface area (Å²) in [5.41, 5.74) is 1.67. The minimum atomic E-state index is -3.95. The number of sulfonamides is 1.